The van der Waals surface area contributed by atoms with Gasteiger partial charge in [0.25, 0.3) is 0 Å². The zero-order valence-corrected chi connectivity index (χ0v) is 18.9. The first-order valence-corrected chi connectivity index (χ1v) is 11.4. The maximum Gasteiger partial charge on any atom is 0.306 e. The summed E-state index contributed by atoms with van der Waals surface area (Å²) >= 11 is 6.37. The second kappa shape index (κ2) is 11.0. The topological polar surface area (TPSA) is 114 Å². The third kappa shape index (κ3) is 6.38. The predicted molar refractivity (Wildman–Crippen MR) is 118 cm³/mol. The van der Waals surface area contributed by atoms with Crippen LogP contribution in [0.4, 0.5) is 0 Å². The van der Waals surface area contributed by atoms with Crippen LogP contribution in [0.25, 0.3) is 11.4 Å². The highest BCUT2D eigenvalue weighted by Crippen LogP contribution is 2.23. The van der Waals surface area contributed by atoms with Crippen molar-refractivity contribution < 1.29 is 19.1 Å². The van der Waals surface area contributed by atoms with Gasteiger partial charge in [0.05, 0.1) is 28.8 Å². The van der Waals surface area contributed by atoms with Gasteiger partial charge in [0.2, 0.25) is 0 Å². The fourth-order valence-corrected chi connectivity index (χ4v) is 3.70. The third-order valence-corrected chi connectivity index (χ3v) is 5.62. The first-order chi connectivity index (χ1) is 16.1. The van der Waals surface area contributed by atoms with E-state index in [-0.39, 0.29) is 25.2 Å². The summed E-state index contributed by atoms with van der Waals surface area (Å²) in [5, 5.41) is 16.8. The number of halogens is 1. The van der Waals surface area contributed by atoms with Gasteiger partial charge in [-0.1, -0.05) is 47.7 Å². The van der Waals surface area contributed by atoms with Gasteiger partial charge in [-0.05, 0) is 31.0 Å². The Morgan fingerprint density at radius 3 is 1.94 bits per heavy atom. The van der Waals surface area contributed by atoms with Crippen LogP contribution in [-0.2, 0) is 32.3 Å². The lowest BCUT2D eigenvalue weighted by atomic mass is 10.1. The van der Waals surface area contributed by atoms with Crippen molar-refractivity contribution in [3.05, 3.63) is 47.0 Å². The molecule has 0 aliphatic carbocycles. The highest BCUT2D eigenvalue weighted by Gasteiger charge is 2.13. The Morgan fingerprint density at radius 1 is 0.758 bits per heavy atom. The summed E-state index contributed by atoms with van der Waals surface area (Å²) in [6, 6.07) is 5.29. The number of carbonyl (C=O) groups excluding carboxylic acids is 2. The van der Waals surface area contributed by atoms with Crippen molar-refractivity contribution in [3.63, 3.8) is 0 Å². The molecule has 3 aromatic rings. The van der Waals surface area contributed by atoms with E-state index in [1.54, 1.807) is 35.3 Å². The van der Waals surface area contributed by atoms with Crippen LogP contribution >= 0.6 is 11.6 Å². The molecule has 4 rings (SSSR count). The summed E-state index contributed by atoms with van der Waals surface area (Å²) in [5.41, 5.74) is 2.35. The second-order valence-electron chi connectivity index (χ2n) is 7.89. The van der Waals surface area contributed by atoms with Gasteiger partial charge >= 0.3 is 11.9 Å². The summed E-state index contributed by atoms with van der Waals surface area (Å²) in [6.07, 6.45) is 9.58. The molecule has 3 heterocycles. The number of esters is 2. The Labute approximate surface area is 195 Å². The second-order valence-corrected chi connectivity index (χ2v) is 8.29. The monoisotopic (exact) mass is 472 g/mol. The summed E-state index contributed by atoms with van der Waals surface area (Å²) in [5.74, 6) is -0.505. The van der Waals surface area contributed by atoms with Crippen LogP contribution in [0.1, 0.15) is 62.8 Å². The number of cyclic esters (lactones) is 2. The van der Waals surface area contributed by atoms with Crippen molar-refractivity contribution >= 4 is 23.5 Å². The molecule has 0 radical (unpaired) electrons. The van der Waals surface area contributed by atoms with Crippen molar-refractivity contribution in [2.24, 2.45) is 0 Å². The summed E-state index contributed by atoms with van der Waals surface area (Å²) in [6.45, 7) is 0.121. The van der Waals surface area contributed by atoms with E-state index < -0.39 is 0 Å². The quantitative estimate of drug-likeness (QED) is 0.455. The Kier molecular flexibility index (Phi) is 7.66. The van der Waals surface area contributed by atoms with Crippen molar-refractivity contribution in [3.8, 4) is 11.4 Å². The first kappa shape index (κ1) is 22.9. The molecule has 6 bridgehead atoms. The number of rotatable bonds is 0. The van der Waals surface area contributed by atoms with Crippen LogP contribution in [0, 0.1) is 0 Å². The average molecular weight is 473 g/mol. The normalized spacial score (nSPS) is 16.6. The molecule has 174 valence electrons. The fraction of sp³-hybridized carbons (Fsp3) is 0.455. The summed E-state index contributed by atoms with van der Waals surface area (Å²) in [4.78, 5) is 24.0. The van der Waals surface area contributed by atoms with Crippen molar-refractivity contribution in [1.29, 1.82) is 0 Å². The molecule has 11 heteroatoms. The lowest BCUT2D eigenvalue weighted by Gasteiger charge is -2.07. The van der Waals surface area contributed by atoms with E-state index in [1.165, 1.54) is 4.68 Å². The van der Waals surface area contributed by atoms with Crippen molar-refractivity contribution in [1.82, 2.24) is 30.0 Å². The number of fused-ring (bicyclic) bond motifs is 8. The van der Waals surface area contributed by atoms with Crippen molar-refractivity contribution in [2.45, 2.75) is 64.6 Å². The molecule has 1 aromatic carbocycles. The number of hydrogen-bond acceptors (Lipinski definition) is 8. The Bertz CT molecular complexity index is 1110. The molecule has 2 aromatic heterocycles. The molecule has 0 amide bonds. The molecule has 33 heavy (non-hydrogen) atoms. The van der Waals surface area contributed by atoms with E-state index in [0.29, 0.717) is 40.6 Å². The van der Waals surface area contributed by atoms with Gasteiger partial charge < -0.3 is 9.47 Å². The minimum Gasteiger partial charge on any atom is -0.459 e. The maximum absolute atomic E-state index is 12.0. The lowest BCUT2D eigenvalue weighted by molar-refractivity contribution is -0.146. The Balaban J connectivity index is 1.53. The van der Waals surface area contributed by atoms with E-state index in [1.807, 2.05) is 0 Å². The van der Waals surface area contributed by atoms with E-state index in [2.05, 4.69) is 20.6 Å². The minimum absolute atomic E-state index is 0.0522. The lowest BCUT2D eigenvalue weighted by Crippen LogP contribution is -2.05. The standard InChI is InChI=1S/C22H25ClN6O4/c23-19-10-9-18-11-20(19)29-13-17(25-27-29)15-33-22(31)8-6-4-2-1-3-5-7-21(30)32-14-16-12-28(18)26-24-16/h9-13H,1-8,14-15H2. The van der Waals surface area contributed by atoms with Crippen LogP contribution in [0.5, 0.6) is 0 Å². The predicted octanol–water partition coefficient (Wildman–Crippen LogP) is 3.72. The molecule has 10 nitrogen and oxygen atoms in total. The summed E-state index contributed by atoms with van der Waals surface area (Å²) in [7, 11) is 0. The molecule has 0 spiro atoms. The number of nitrogens with zero attached hydrogens (tertiary/aromatic N) is 6. The highest BCUT2D eigenvalue weighted by molar-refractivity contribution is 6.32. The smallest absolute Gasteiger partial charge is 0.306 e. The molecular weight excluding hydrogens is 448 g/mol. The average Bonchev–Trinajstić information content (AvgIpc) is 3.48. The third-order valence-electron chi connectivity index (χ3n) is 5.30. The van der Waals surface area contributed by atoms with Crippen LogP contribution < -0.4 is 0 Å². The van der Waals surface area contributed by atoms with E-state index in [9.17, 15) is 9.59 Å². The zero-order chi connectivity index (χ0) is 23.0. The number of carbonyl (C=O) groups is 2. The molecule has 1 aliphatic heterocycles. The molecule has 0 fully saturated rings. The Morgan fingerprint density at radius 2 is 1.30 bits per heavy atom. The van der Waals surface area contributed by atoms with Crippen LogP contribution in [-0.4, -0.2) is 41.9 Å². The van der Waals surface area contributed by atoms with Crippen LogP contribution in [0.2, 0.25) is 5.02 Å². The zero-order valence-electron chi connectivity index (χ0n) is 18.2. The van der Waals surface area contributed by atoms with Gasteiger partial charge in [0, 0.05) is 12.8 Å². The van der Waals surface area contributed by atoms with E-state index >= 15 is 0 Å². The number of aromatic nitrogens is 6. The highest BCUT2D eigenvalue weighted by atomic mass is 35.5. The number of ether oxygens (including phenoxy) is 2. The van der Waals surface area contributed by atoms with Crippen LogP contribution in [0.15, 0.2) is 30.6 Å². The molecule has 0 atom stereocenters. The van der Waals surface area contributed by atoms with Gasteiger partial charge in [-0.15, -0.1) is 10.2 Å². The molecule has 1 aliphatic rings. The van der Waals surface area contributed by atoms with E-state index in [4.69, 9.17) is 21.1 Å². The van der Waals surface area contributed by atoms with Crippen molar-refractivity contribution in [2.75, 3.05) is 0 Å². The SMILES string of the molecule is O=C1CCCCCCCCC(=O)OCc2cn(nn2)-c2cc(ccc2Cl)-n2cc(nn2)CO1. The van der Waals surface area contributed by atoms with Gasteiger partial charge in [-0.2, -0.15) is 0 Å². The molecule has 0 unspecified atom stereocenters. The molecule has 0 saturated carbocycles. The number of hydrogen-bond donors (Lipinski definition) is 0. The summed E-state index contributed by atoms with van der Waals surface area (Å²) < 4.78 is 13.7. The maximum atomic E-state index is 12.0. The molecule has 0 N–H and O–H groups in total. The largest absolute Gasteiger partial charge is 0.459 e. The molecular formula is C22H25ClN6O4. The Hall–Kier alpha value is -3.27. The van der Waals surface area contributed by atoms with Gasteiger partial charge in [0.1, 0.15) is 24.6 Å². The number of benzene rings is 1. The first-order valence-electron chi connectivity index (χ1n) is 11.0. The van der Waals surface area contributed by atoms with Gasteiger partial charge in [0.15, 0.2) is 0 Å². The minimum atomic E-state index is -0.257. The van der Waals surface area contributed by atoms with Gasteiger partial charge in [-0.3, -0.25) is 9.59 Å². The van der Waals surface area contributed by atoms with E-state index in [0.717, 1.165) is 38.5 Å². The van der Waals surface area contributed by atoms with Gasteiger partial charge in [-0.25, -0.2) is 9.36 Å². The van der Waals surface area contributed by atoms with Crippen LogP contribution in [0.3, 0.4) is 0 Å². The fourth-order valence-electron chi connectivity index (χ4n) is 3.49. The molecule has 0 saturated heterocycles.